The molecule has 24 heavy (non-hydrogen) atoms. The third-order valence-corrected chi connectivity index (χ3v) is 5.01. The van der Waals surface area contributed by atoms with E-state index in [0.29, 0.717) is 5.39 Å². The van der Waals surface area contributed by atoms with Crippen LogP contribution in [0, 0.1) is 0 Å². The number of nitrogens with zero attached hydrogens (tertiary/aromatic N) is 1. The fourth-order valence-electron chi connectivity index (χ4n) is 2.75. The summed E-state index contributed by atoms with van der Waals surface area (Å²) in [5, 5.41) is 6.97. The molecular formula is C19H22N2O2S. The van der Waals surface area contributed by atoms with E-state index in [1.54, 1.807) is 29.1 Å². The van der Waals surface area contributed by atoms with Gasteiger partial charge in [0, 0.05) is 29.9 Å². The van der Waals surface area contributed by atoms with Crippen molar-refractivity contribution in [1.29, 1.82) is 0 Å². The van der Waals surface area contributed by atoms with Gasteiger partial charge in [0.2, 0.25) is 0 Å². The van der Waals surface area contributed by atoms with Gasteiger partial charge in [-0.1, -0.05) is 19.1 Å². The molecule has 2 aromatic heterocycles. The van der Waals surface area contributed by atoms with E-state index in [1.165, 1.54) is 4.88 Å². The van der Waals surface area contributed by atoms with Crippen LogP contribution >= 0.6 is 11.3 Å². The average Bonchev–Trinajstić information content (AvgIpc) is 3.12. The van der Waals surface area contributed by atoms with Gasteiger partial charge in [-0.15, -0.1) is 11.3 Å². The minimum atomic E-state index is -0.0151. The van der Waals surface area contributed by atoms with Gasteiger partial charge in [0.1, 0.15) is 11.9 Å². The monoisotopic (exact) mass is 342 g/mol. The topological polar surface area (TPSA) is 43.3 Å². The van der Waals surface area contributed by atoms with E-state index in [0.717, 1.165) is 30.6 Å². The van der Waals surface area contributed by atoms with E-state index in [1.807, 2.05) is 30.3 Å². The second kappa shape index (κ2) is 7.64. The Morgan fingerprint density at radius 2 is 2.08 bits per heavy atom. The molecule has 0 aliphatic carbocycles. The molecule has 0 saturated carbocycles. The summed E-state index contributed by atoms with van der Waals surface area (Å²) in [6, 6.07) is 11.8. The van der Waals surface area contributed by atoms with Crippen LogP contribution in [0.25, 0.3) is 10.8 Å². The third-order valence-electron chi connectivity index (χ3n) is 4.04. The summed E-state index contributed by atoms with van der Waals surface area (Å²) in [6.07, 6.45) is 2.66. The van der Waals surface area contributed by atoms with Crippen LogP contribution < -0.4 is 15.6 Å². The number of hydrogen-bond acceptors (Lipinski definition) is 4. The van der Waals surface area contributed by atoms with Gasteiger partial charge in [-0.3, -0.25) is 4.79 Å². The van der Waals surface area contributed by atoms with Crippen LogP contribution in [-0.2, 0) is 7.05 Å². The Kier molecular flexibility index (Phi) is 5.33. The molecule has 4 nitrogen and oxygen atoms in total. The Bertz CT molecular complexity index is 855. The van der Waals surface area contributed by atoms with E-state index < -0.39 is 0 Å². The zero-order chi connectivity index (χ0) is 16.9. The second-order valence-corrected chi connectivity index (χ2v) is 6.69. The number of ether oxygens (including phenoxy) is 1. The van der Waals surface area contributed by atoms with Gasteiger partial charge in [0.15, 0.2) is 0 Å². The van der Waals surface area contributed by atoms with Gasteiger partial charge < -0.3 is 14.6 Å². The lowest BCUT2D eigenvalue weighted by Crippen LogP contribution is -2.19. The highest BCUT2D eigenvalue weighted by atomic mass is 32.1. The fraction of sp³-hybridized carbons (Fsp3) is 0.316. The van der Waals surface area contributed by atoms with Crippen LogP contribution in [-0.4, -0.2) is 17.7 Å². The van der Waals surface area contributed by atoms with Crippen LogP contribution in [0.3, 0.4) is 0 Å². The molecule has 3 aromatic rings. The first-order chi connectivity index (χ1) is 11.7. The van der Waals surface area contributed by atoms with Gasteiger partial charge in [-0.05, 0) is 42.7 Å². The quantitative estimate of drug-likeness (QED) is 0.666. The molecule has 5 heteroatoms. The van der Waals surface area contributed by atoms with Crippen molar-refractivity contribution in [2.45, 2.75) is 19.4 Å². The van der Waals surface area contributed by atoms with Crippen molar-refractivity contribution in [2.75, 3.05) is 13.1 Å². The lowest BCUT2D eigenvalue weighted by atomic mass is 10.1. The molecule has 0 amide bonds. The van der Waals surface area contributed by atoms with Gasteiger partial charge in [-0.25, -0.2) is 0 Å². The van der Waals surface area contributed by atoms with Gasteiger partial charge in [0.25, 0.3) is 5.56 Å². The Hall–Kier alpha value is -2.11. The molecule has 0 aliphatic heterocycles. The number of thiophene rings is 1. The summed E-state index contributed by atoms with van der Waals surface area (Å²) in [4.78, 5) is 13.5. The molecule has 0 saturated heterocycles. The first-order valence-electron chi connectivity index (χ1n) is 8.20. The fourth-order valence-corrected chi connectivity index (χ4v) is 3.54. The van der Waals surface area contributed by atoms with Crippen LogP contribution in [0.2, 0.25) is 0 Å². The number of aromatic nitrogens is 1. The summed E-state index contributed by atoms with van der Waals surface area (Å²) in [6.45, 7) is 3.94. The highest BCUT2D eigenvalue weighted by Crippen LogP contribution is 2.31. The number of benzene rings is 1. The highest BCUT2D eigenvalue weighted by molar-refractivity contribution is 7.10. The van der Waals surface area contributed by atoms with Crippen molar-refractivity contribution in [3.8, 4) is 5.75 Å². The maximum absolute atomic E-state index is 12.3. The number of aryl methyl sites for hydroxylation is 1. The predicted molar refractivity (Wildman–Crippen MR) is 100 cm³/mol. The highest BCUT2D eigenvalue weighted by Gasteiger charge is 2.16. The lowest BCUT2D eigenvalue weighted by molar-refractivity contribution is 0.200. The SMILES string of the molecule is CCNCCC(Oc1cccc2c(=O)n(C)ccc12)c1cccs1. The Morgan fingerprint density at radius 3 is 2.83 bits per heavy atom. The predicted octanol–water partition coefficient (Wildman–Crippen LogP) is 3.72. The molecule has 0 spiro atoms. The minimum absolute atomic E-state index is 0.00160. The van der Waals surface area contributed by atoms with Crippen LogP contribution in [0.4, 0.5) is 0 Å². The molecule has 1 atom stereocenters. The Morgan fingerprint density at radius 1 is 1.21 bits per heavy atom. The van der Waals surface area contributed by atoms with E-state index in [-0.39, 0.29) is 11.7 Å². The average molecular weight is 342 g/mol. The summed E-state index contributed by atoms with van der Waals surface area (Å²) < 4.78 is 7.93. The normalized spacial score (nSPS) is 12.4. The van der Waals surface area contributed by atoms with Gasteiger partial charge >= 0.3 is 0 Å². The van der Waals surface area contributed by atoms with Crippen molar-refractivity contribution in [3.63, 3.8) is 0 Å². The van der Waals surface area contributed by atoms with Crippen LogP contribution in [0.1, 0.15) is 24.3 Å². The van der Waals surface area contributed by atoms with Gasteiger partial charge in [-0.2, -0.15) is 0 Å². The number of nitrogens with one attached hydrogen (secondary N) is 1. The maximum atomic E-state index is 12.3. The first kappa shape index (κ1) is 16.7. The molecule has 0 aliphatic rings. The maximum Gasteiger partial charge on any atom is 0.258 e. The van der Waals surface area contributed by atoms with Crippen LogP contribution in [0.15, 0.2) is 52.8 Å². The van der Waals surface area contributed by atoms with Crippen molar-refractivity contribution in [1.82, 2.24) is 9.88 Å². The molecule has 1 N–H and O–H groups in total. The number of rotatable bonds is 7. The van der Waals surface area contributed by atoms with Crippen LogP contribution in [0.5, 0.6) is 5.75 Å². The molecule has 3 rings (SSSR count). The molecule has 126 valence electrons. The lowest BCUT2D eigenvalue weighted by Gasteiger charge is -2.19. The summed E-state index contributed by atoms with van der Waals surface area (Å²) >= 11 is 1.70. The number of pyridine rings is 1. The summed E-state index contributed by atoms with van der Waals surface area (Å²) in [7, 11) is 1.76. The summed E-state index contributed by atoms with van der Waals surface area (Å²) in [5.74, 6) is 0.764. The van der Waals surface area contributed by atoms with Crippen molar-refractivity contribution in [3.05, 3.63) is 63.2 Å². The molecule has 1 unspecified atom stereocenters. The molecule has 1 aromatic carbocycles. The molecule has 0 bridgehead atoms. The largest absolute Gasteiger partial charge is 0.484 e. The van der Waals surface area contributed by atoms with E-state index >= 15 is 0 Å². The molecule has 0 radical (unpaired) electrons. The molecular weight excluding hydrogens is 320 g/mol. The standard InChI is InChI=1S/C19H22N2O2S/c1-3-20-11-9-17(18-8-5-13-24-18)23-16-7-4-6-15-14(16)10-12-21(2)19(15)22/h4-8,10,12-13,17,20H,3,9,11H2,1-2H3. The zero-order valence-electron chi connectivity index (χ0n) is 14.0. The second-order valence-electron chi connectivity index (χ2n) is 5.71. The van der Waals surface area contributed by atoms with Crippen molar-refractivity contribution < 1.29 is 4.74 Å². The van der Waals surface area contributed by atoms with E-state index in [2.05, 4.69) is 23.7 Å². The van der Waals surface area contributed by atoms with Crippen molar-refractivity contribution in [2.24, 2.45) is 7.05 Å². The van der Waals surface area contributed by atoms with E-state index in [9.17, 15) is 4.79 Å². The zero-order valence-corrected chi connectivity index (χ0v) is 14.8. The summed E-state index contributed by atoms with van der Waals surface area (Å²) in [5.41, 5.74) is -0.00160. The Labute approximate surface area is 145 Å². The molecule has 0 fully saturated rings. The smallest absolute Gasteiger partial charge is 0.258 e. The molecule has 2 heterocycles. The first-order valence-corrected chi connectivity index (χ1v) is 9.07. The number of hydrogen-bond donors (Lipinski definition) is 1. The van der Waals surface area contributed by atoms with Gasteiger partial charge in [0.05, 0.1) is 5.39 Å². The van der Waals surface area contributed by atoms with E-state index in [4.69, 9.17) is 4.74 Å². The van der Waals surface area contributed by atoms with Crippen molar-refractivity contribution >= 4 is 22.1 Å². The third kappa shape index (κ3) is 3.52. The Balaban J connectivity index is 1.93. The number of fused-ring (bicyclic) bond motifs is 1. The minimum Gasteiger partial charge on any atom is -0.484 e.